The molecule has 0 spiro atoms. The van der Waals surface area contributed by atoms with E-state index in [1.54, 1.807) is 0 Å². The Labute approximate surface area is 165 Å². The van der Waals surface area contributed by atoms with Crippen LogP contribution in [0.1, 0.15) is 70.3 Å². The molecular formula is C20H31F3OS2. The van der Waals surface area contributed by atoms with Crippen molar-refractivity contribution in [1.82, 2.24) is 0 Å². The van der Waals surface area contributed by atoms with Crippen molar-refractivity contribution >= 4 is 23.8 Å². The predicted molar refractivity (Wildman–Crippen MR) is 108 cm³/mol. The Morgan fingerprint density at radius 1 is 0.923 bits per heavy atom. The fourth-order valence-electron chi connectivity index (χ4n) is 2.57. The monoisotopic (exact) mass is 408 g/mol. The molecule has 26 heavy (non-hydrogen) atoms. The normalized spacial score (nSPS) is 13.1. The lowest BCUT2D eigenvalue weighted by atomic mass is 10.1. The minimum atomic E-state index is -4.20. The van der Waals surface area contributed by atoms with E-state index in [2.05, 4.69) is 6.92 Å². The molecule has 1 unspecified atom stereocenters. The number of unbranched alkanes of at least 4 members (excludes halogenated alkanes) is 7. The molecule has 1 atom stereocenters. The highest BCUT2D eigenvalue weighted by molar-refractivity contribution is 8.00. The molecule has 0 heterocycles. The van der Waals surface area contributed by atoms with Crippen molar-refractivity contribution in [2.45, 2.75) is 88.1 Å². The van der Waals surface area contributed by atoms with Gasteiger partial charge in [0.25, 0.3) is 0 Å². The van der Waals surface area contributed by atoms with E-state index in [1.165, 1.54) is 44.1 Å². The molecule has 1 aromatic carbocycles. The Balaban J connectivity index is 2.30. The molecule has 0 aromatic heterocycles. The standard InChI is InChI=1S/C20H31F3OS2/c1-3-4-5-6-7-8-9-10-11-18(16-25-20(21,22)23)24-26-19-14-12-17(2)13-15-19/h12-15,18H,3-11,16H2,1-2H3. The lowest BCUT2D eigenvalue weighted by molar-refractivity contribution is -0.0332. The molecule has 6 heteroatoms. The fraction of sp³-hybridized carbons (Fsp3) is 0.700. The minimum absolute atomic E-state index is 0.0183. The first-order valence-corrected chi connectivity index (χ1v) is 11.2. The summed E-state index contributed by atoms with van der Waals surface area (Å²) in [5.74, 6) is -0.0428. The zero-order valence-corrected chi connectivity index (χ0v) is 17.4. The third-order valence-corrected chi connectivity index (χ3v) is 5.81. The zero-order valence-electron chi connectivity index (χ0n) is 15.8. The van der Waals surface area contributed by atoms with Crippen molar-refractivity contribution in [3.63, 3.8) is 0 Å². The van der Waals surface area contributed by atoms with Crippen molar-refractivity contribution in [2.24, 2.45) is 0 Å². The first-order chi connectivity index (χ1) is 12.4. The van der Waals surface area contributed by atoms with Gasteiger partial charge >= 0.3 is 5.51 Å². The molecule has 1 nitrogen and oxygen atoms in total. The maximum atomic E-state index is 12.5. The number of alkyl halides is 3. The molecule has 1 rings (SSSR count). The van der Waals surface area contributed by atoms with Gasteiger partial charge in [-0.1, -0.05) is 76.0 Å². The molecule has 0 radical (unpaired) electrons. The van der Waals surface area contributed by atoms with Gasteiger partial charge in [0.2, 0.25) is 0 Å². The largest absolute Gasteiger partial charge is 0.441 e. The molecule has 0 amide bonds. The Morgan fingerprint density at radius 3 is 2.08 bits per heavy atom. The topological polar surface area (TPSA) is 9.23 Å². The van der Waals surface area contributed by atoms with Gasteiger partial charge in [0, 0.05) is 22.7 Å². The highest BCUT2D eigenvalue weighted by Gasteiger charge is 2.30. The van der Waals surface area contributed by atoms with E-state index in [4.69, 9.17) is 4.18 Å². The van der Waals surface area contributed by atoms with Gasteiger partial charge in [-0.2, -0.15) is 13.2 Å². The summed E-state index contributed by atoms with van der Waals surface area (Å²) in [5.41, 5.74) is -3.05. The average molecular weight is 409 g/mol. The molecule has 0 aliphatic heterocycles. The second kappa shape index (κ2) is 13.8. The Kier molecular flexibility index (Phi) is 12.6. The molecular weight excluding hydrogens is 377 g/mol. The second-order valence-corrected chi connectivity index (χ2v) is 8.55. The third-order valence-electron chi connectivity index (χ3n) is 4.11. The summed E-state index contributed by atoms with van der Waals surface area (Å²) < 4.78 is 43.3. The van der Waals surface area contributed by atoms with Gasteiger partial charge in [0.1, 0.15) is 0 Å². The summed E-state index contributed by atoms with van der Waals surface area (Å²) in [4.78, 5) is 0.925. The van der Waals surface area contributed by atoms with Crippen LogP contribution >= 0.6 is 23.8 Å². The van der Waals surface area contributed by atoms with Crippen LogP contribution in [0.15, 0.2) is 29.2 Å². The van der Waals surface area contributed by atoms with E-state index >= 15 is 0 Å². The Bertz CT molecular complexity index is 463. The fourth-order valence-corrected chi connectivity index (χ4v) is 3.92. The van der Waals surface area contributed by atoms with Crippen molar-refractivity contribution in [2.75, 3.05) is 5.75 Å². The zero-order chi connectivity index (χ0) is 19.3. The summed E-state index contributed by atoms with van der Waals surface area (Å²) in [6.45, 7) is 4.20. The first-order valence-electron chi connectivity index (χ1n) is 9.51. The molecule has 0 aliphatic rings. The number of hydrogen-bond donors (Lipinski definition) is 0. The van der Waals surface area contributed by atoms with Crippen LogP contribution < -0.4 is 0 Å². The van der Waals surface area contributed by atoms with Crippen LogP contribution in [-0.2, 0) is 4.18 Å². The predicted octanol–water partition coefficient (Wildman–Crippen LogP) is 8.17. The maximum Gasteiger partial charge on any atom is 0.441 e. The smallest absolute Gasteiger partial charge is 0.306 e. The van der Waals surface area contributed by atoms with Crippen molar-refractivity contribution in [1.29, 1.82) is 0 Å². The molecule has 0 aliphatic carbocycles. The number of benzene rings is 1. The molecule has 0 N–H and O–H groups in total. The SMILES string of the molecule is CCCCCCCCCCC(CSC(F)(F)F)OSc1ccc(C)cc1. The summed E-state index contributed by atoms with van der Waals surface area (Å²) in [7, 11) is 0. The Hall–Kier alpha value is -0.330. The minimum Gasteiger partial charge on any atom is -0.306 e. The van der Waals surface area contributed by atoms with E-state index < -0.39 is 5.51 Å². The van der Waals surface area contributed by atoms with Crippen LogP contribution in [-0.4, -0.2) is 17.4 Å². The van der Waals surface area contributed by atoms with E-state index in [9.17, 15) is 13.2 Å². The van der Waals surface area contributed by atoms with E-state index in [0.29, 0.717) is 6.42 Å². The number of hydrogen-bond acceptors (Lipinski definition) is 3. The number of thioether (sulfide) groups is 1. The van der Waals surface area contributed by atoms with E-state index in [1.807, 2.05) is 31.2 Å². The van der Waals surface area contributed by atoms with Gasteiger partial charge in [-0.3, -0.25) is 0 Å². The van der Waals surface area contributed by atoms with E-state index in [-0.39, 0.29) is 23.6 Å². The first kappa shape index (κ1) is 23.7. The van der Waals surface area contributed by atoms with Crippen LogP contribution in [0.5, 0.6) is 0 Å². The van der Waals surface area contributed by atoms with Gasteiger partial charge in [0.15, 0.2) is 0 Å². The Morgan fingerprint density at radius 2 is 1.50 bits per heavy atom. The molecule has 0 saturated carbocycles. The lowest BCUT2D eigenvalue weighted by Crippen LogP contribution is -2.16. The van der Waals surface area contributed by atoms with Crippen molar-refractivity contribution in [3.8, 4) is 0 Å². The van der Waals surface area contributed by atoms with E-state index in [0.717, 1.165) is 29.7 Å². The molecule has 0 bridgehead atoms. The van der Waals surface area contributed by atoms with Crippen LogP contribution in [0.2, 0.25) is 0 Å². The van der Waals surface area contributed by atoms with Crippen molar-refractivity contribution in [3.05, 3.63) is 29.8 Å². The average Bonchev–Trinajstić information content (AvgIpc) is 2.59. The van der Waals surface area contributed by atoms with Gasteiger partial charge in [-0.15, -0.1) is 0 Å². The highest BCUT2D eigenvalue weighted by Crippen LogP contribution is 2.33. The van der Waals surface area contributed by atoms with Gasteiger partial charge in [-0.25, -0.2) is 0 Å². The molecule has 0 fully saturated rings. The van der Waals surface area contributed by atoms with Gasteiger partial charge < -0.3 is 4.18 Å². The van der Waals surface area contributed by atoms with Gasteiger partial charge in [-0.05, 0) is 37.2 Å². The summed E-state index contributed by atoms with van der Waals surface area (Å²) in [6.07, 6.45) is 9.76. The molecule has 1 aromatic rings. The number of rotatable bonds is 14. The summed E-state index contributed by atoms with van der Waals surface area (Å²) in [5, 5.41) is 0. The number of aryl methyl sites for hydroxylation is 1. The quantitative estimate of drug-likeness (QED) is 0.227. The van der Waals surface area contributed by atoms with Crippen molar-refractivity contribution < 1.29 is 17.4 Å². The molecule has 0 saturated heterocycles. The van der Waals surface area contributed by atoms with Crippen LogP contribution in [0.25, 0.3) is 0 Å². The third kappa shape index (κ3) is 12.9. The number of halogens is 3. The van der Waals surface area contributed by atoms with Crippen LogP contribution in [0, 0.1) is 6.92 Å². The van der Waals surface area contributed by atoms with Gasteiger partial charge in [0.05, 0.1) is 6.10 Å². The lowest BCUT2D eigenvalue weighted by Gasteiger charge is -2.17. The summed E-state index contributed by atoms with van der Waals surface area (Å²) in [6, 6.07) is 7.82. The van der Waals surface area contributed by atoms with Crippen LogP contribution in [0.3, 0.4) is 0 Å². The maximum absolute atomic E-state index is 12.5. The summed E-state index contributed by atoms with van der Waals surface area (Å²) >= 11 is 1.20. The highest BCUT2D eigenvalue weighted by atomic mass is 32.2. The second-order valence-electron chi connectivity index (χ2n) is 6.63. The molecule has 150 valence electrons. The van der Waals surface area contributed by atoms with Crippen LogP contribution in [0.4, 0.5) is 13.2 Å².